The highest BCUT2D eigenvalue weighted by Gasteiger charge is 2.15. The molecule has 25 heavy (non-hydrogen) atoms. The number of carbonyl (C=O) groups is 1. The van der Waals surface area contributed by atoms with E-state index in [1.54, 1.807) is 0 Å². The third kappa shape index (κ3) is 5.41. The zero-order valence-electron chi connectivity index (χ0n) is 14.7. The first-order valence-electron chi connectivity index (χ1n) is 8.32. The number of nitrogens with one attached hydrogen (secondary N) is 2. The quantitative estimate of drug-likeness (QED) is 0.794. The summed E-state index contributed by atoms with van der Waals surface area (Å²) in [5, 5.41) is 2.80. The number of rotatable bonds is 7. The summed E-state index contributed by atoms with van der Waals surface area (Å²) < 4.78 is 26.9. The van der Waals surface area contributed by atoms with Crippen molar-refractivity contribution in [1.82, 2.24) is 4.72 Å². The number of aryl methyl sites for hydroxylation is 1. The smallest absolute Gasteiger partial charge is 0.255 e. The van der Waals surface area contributed by atoms with Gasteiger partial charge in [-0.2, -0.15) is 0 Å². The number of hydrogen-bond acceptors (Lipinski definition) is 3. The molecule has 0 aliphatic rings. The number of hydrogen-bond donors (Lipinski definition) is 2. The topological polar surface area (TPSA) is 75.3 Å². The zero-order valence-corrected chi connectivity index (χ0v) is 15.6. The molecule has 0 atom stereocenters. The van der Waals surface area contributed by atoms with Gasteiger partial charge in [-0.3, -0.25) is 4.79 Å². The van der Waals surface area contributed by atoms with E-state index in [0.717, 1.165) is 6.42 Å². The molecule has 0 radical (unpaired) electrons. The molecule has 0 saturated carbocycles. The van der Waals surface area contributed by atoms with Crippen LogP contribution in [0, 0.1) is 5.92 Å². The molecule has 134 valence electrons. The van der Waals surface area contributed by atoms with Crippen molar-refractivity contribution in [2.45, 2.75) is 32.1 Å². The Morgan fingerprint density at radius 1 is 1.00 bits per heavy atom. The molecule has 2 aromatic carbocycles. The summed E-state index contributed by atoms with van der Waals surface area (Å²) in [6.07, 6.45) is 0.939. The summed E-state index contributed by atoms with van der Waals surface area (Å²) in [7, 11) is -3.55. The van der Waals surface area contributed by atoms with E-state index in [1.165, 1.54) is 29.8 Å². The largest absolute Gasteiger partial charge is 0.322 e. The molecule has 0 aliphatic carbocycles. The minimum atomic E-state index is -3.55. The summed E-state index contributed by atoms with van der Waals surface area (Å²) in [6, 6.07) is 13.5. The number of amides is 1. The van der Waals surface area contributed by atoms with Gasteiger partial charge in [0.05, 0.1) is 4.90 Å². The average Bonchev–Trinajstić information content (AvgIpc) is 2.61. The molecular formula is C19H24N2O3S. The summed E-state index contributed by atoms with van der Waals surface area (Å²) in [5.41, 5.74) is 2.31. The molecule has 0 spiro atoms. The van der Waals surface area contributed by atoms with Crippen LogP contribution in [-0.2, 0) is 16.4 Å². The molecule has 0 heterocycles. The summed E-state index contributed by atoms with van der Waals surface area (Å²) in [5.74, 6) is -0.0535. The number of carbonyl (C=O) groups excluding carboxylic acids is 1. The number of benzene rings is 2. The maximum Gasteiger partial charge on any atom is 0.255 e. The van der Waals surface area contributed by atoms with Gasteiger partial charge in [0.25, 0.3) is 5.91 Å². The maximum absolute atomic E-state index is 12.3. The summed E-state index contributed by atoms with van der Waals surface area (Å²) in [4.78, 5) is 12.4. The van der Waals surface area contributed by atoms with Gasteiger partial charge in [0, 0.05) is 17.8 Å². The van der Waals surface area contributed by atoms with Crippen LogP contribution in [0.5, 0.6) is 0 Å². The second-order valence-corrected chi connectivity index (χ2v) is 8.04. The lowest BCUT2D eigenvalue weighted by Crippen LogP contribution is -2.27. The first-order valence-corrected chi connectivity index (χ1v) is 9.80. The highest BCUT2D eigenvalue weighted by Crippen LogP contribution is 2.14. The maximum atomic E-state index is 12.3. The molecule has 0 saturated heterocycles. The van der Waals surface area contributed by atoms with Gasteiger partial charge in [0.15, 0.2) is 0 Å². The average molecular weight is 360 g/mol. The third-order valence-corrected chi connectivity index (χ3v) is 5.17. The van der Waals surface area contributed by atoms with Crippen LogP contribution in [0.3, 0.4) is 0 Å². The van der Waals surface area contributed by atoms with Crippen molar-refractivity contribution < 1.29 is 13.2 Å². The molecular weight excluding hydrogens is 336 g/mol. The fraction of sp³-hybridized carbons (Fsp3) is 0.316. The van der Waals surface area contributed by atoms with Gasteiger partial charge >= 0.3 is 0 Å². The van der Waals surface area contributed by atoms with Gasteiger partial charge in [0.2, 0.25) is 10.0 Å². The van der Waals surface area contributed by atoms with Crippen molar-refractivity contribution in [3.63, 3.8) is 0 Å². The Balaban J connectivity index is 2.06. The summed E-state index contributed by atoms with van der Waals surface area (Å²) >= 11 is 0. The first kappa shape index (κ1) is 19.1. The second kappa shape index (κ2) is 8.27. The molecule has 2 aromatic rings. The molecule has 5 nitrogen and oxygen atoms in total. The Labute approximate surface area is 149 Å². The van der Waals surface area contributed by atoms with Gasteiger partial charge in [-0.25, -0.2) is 13.1 Å². The van der Waals surface area contributed by atoms with Crippen molar-refractivity contribution in [1.29, 1.82) is 0 Å². The van der Waals surface area contributed by atoms with E-state index in [-0.39, 0.29) is 16.7 Å². The normalized spacial score (nSPS) is 11.5. The fourth-order valence-corrected chi connectivity index (χ4v) is 3.39. The van der Waals surface area contributed by atoms with Crippen molar-refractivity contribution in [2.24, 2.45) is 5.92 Å². The molecule has 6 heteroatoms. The number of anilines is 1. The van der Waals surface area contributed by atoms with E-state index in [1.807, 2.05) is 38.1 Å². The molecule has 2 rings (SSSR count). The van der Waals surface area contributed by atoms with E-state index < -0.39 is 10.0 Å². The Kier molecular flexibility index (Phi) is 6.33. The summed E-state index contributed by atoms with van der Waals surface area (Å²) in [6.45, 7) is 6.31. The molecule has 0 aliphatic heterocycles. The van der Waals surface area contributed by atoms with E-state index in [9.17, 15) is 13.2 Å². The van der Waals surface area contributed by atoms with Crippen LogP contribution in [0.4, 0.5) is 5.69 Å². The van der Waals surface area contributed by atoms with E-state index in [2.05, 4.69) is 17.0 Å². The van der Waals surface area contributed by atoms with E-state index in [4.69, 9.17) is 0 Å². The lowest BCUT2D eigenvalue weighted by molar-refractivity contribution is 0.102. The Morgan fingerprint density at radius 3 is 2.12 bits per heavy atom. The van der Waals surface area contributed by atoms with Crippen molar-refractivity contribution in [2.75, 3.05) is 11.9 Å². The number of sulfonamides is 1. The van der Waals surface area contributed by atoms with Crippen LogP contribution in [-0.4, -0.2) is 20.9 Å². The SMILES string of the molecule is CCc1ccc(NC(=O)c2ccc(S(=O)(=O)NCC(C)C)cc2)cc1. The lowest BCUT2D eigenvalue weighted by Gasteiger charge is -2.10. The van der Waals surface area contributed by atoms with Crippen LogP contribution in [0.25, 0.3) is 0 Å². The molecule has 0 bridgehead atoms. The van der Waals surface area contributed by atoms with E-state index >= 15 is 0 Å². The van der Waals surface area contributed by atoms with Crippen molar-refractivity contribution in [3.05, 3.63) is 59.7 Å². The van der Waals surface area contributed by atoms with Gasteiger partial charge in [0.1, 0.15) is 0 Å². The van der Waals surface area contributed by atoms with Gasteiger partial charge < -0.3 is 5.32 Å². The molecule has 1 amide bonds. The first-order chi connectivity index (χ1) is 11.8. The van der Waals surface area contributed by atoms with Gasteiger partial charge in [-0.05, 0) is 54.3 Å². The van der Waals surface area contributed by atoms with Crippen LogP contribution in [0.15, 0.2) is 53.4 Å². The minimum absolute atomic E-state index is 0.150. The Morgan fingerprint density at radius 2 is 1.60 bits per heavy atom. The van der Waals surface area contributed by atoms with E-state index in [0.29, 0.717) is 17.8 Å². The molecule has 0 aromatic heterocycles. The monoisotopic (exact) mass is 360 g/mol. The second-order valence-electron chi connectivity index (χ2n) is 6.27. The predicted molar refractivity (Wildman–Crippen MR) is 100 cm³/mol. The minimum Gasteiger partial charge on any atom is -0.322 e. The highest BCUT2D eigenvalue weighted by molar-refractivity contribution is 7.89. The van der Waals surface area contributed by atoms with Crippen molar-refractivity contribution in [3.8, 4) is 0 Å². The third-order valence-electron chi connectivity index (χ3n) is 3.73. The van der Waals surface area contributed by atoms with Crippen molar-refractivity contribution >= 4 is 21.6 Å². The zero-order chi connectivity index (χ0) is 18.4. The fourth-order valence-electron chi connectivity index (χ4n) is 2.17. The molecule has 2 N–H and O–H groups in total. The van der Waals surface area contributed by atoms with Crippen LogP contribution in [0.1, 0.15) is 36.7 Å². The van der Waals surface area contributed by atoms with Gasteiger partial charge in [-0.15, -0.1) is 0 Å². The van der Waals surface area contributed by atoms with Gasteiger partial charge in [-0.1, -0.05) is 32.9 Å². The predicted octanol–water partition coefficient (Wildman–Crippen LogP) is 3.44. The van der Waals surface area contributed by atoms with Crippen LogP contribution < -0.4 is 10.0 Å². The molecule has 0 unspecified atom stereocenters. The Bertz CT molecular complexity index is 811. The molecule has 0 fully saturated rings. The lowest BCUT2D eigenvalue weighted by atomic mass is 10.1. The Hall–Kier alpha value is -2.18. The standard InChI is InChI=1S/C19H24N2O3S/c1-4-15-5-9-17(10-6-15)21-19(22)16-7-11-18(12-8-16)25(23,24)20-13-14(2)3/h5-12,14,20H,4,13H2,1-3H3,(H,21,22). The highest BCUT2D eigenvalue weighted by atomic mass is 32.2. The van der Waals surface area contributed by atoms with Crippen LogP contribution in [0.2, 0.25) is 0 Å². The van der Waals surface area contributed by atoms with Crippen LogP contribution >= 0.6 is 0 Å².